The molecular weight excluding hydrogens is 458 g/mol. The molecule has 0 bridgehead atoms. The summed E-state index contributed by atoms with van der Waals surface area (Å²) in [5.41, 5.74) is 0.0643. The zero-order chi connectivity index (χ0) is 24.1. The molecule has 0 radical (unpaired) electrons. The number of amides is 1. The number of carbonyl (C=O) groups is 2. The predicted molar refractivity (Wildman–Crippen MR) is 129 cm³/mol. The van der Waals surface area contributed by atoms with Gasteiger partial charge in [-0.1, -0.05) is 60.1 Å². The smallest absolute Gasteiger partial charge is 0.362 e. The SMILES string of the molecule is CCOC(=O)c1nn(-c2ccccc2Cl)c(=O)cc1OCC(=O)Nc1cccc2ccccc12. The first-order chi connectivity index (χ1) is 16.5. The minimum absolute atomic E-state index is 0.0900. The molecule has 1 aromatic heterocycles. The Morgan fingerprint density at radius 3 is 2.56 bits per heavy atom. The molecule has 172 valence electrons. The van der Waals surface area contributed by atoms with Crippen molar-refractivity contribution < 1.29 is 19.1 Å². The van der Waals surface area contributed by atoms with Crippen molar-refractivity contribution in [3.63, 3.8) is 0 Å². The number of ether oxygens (including phenoxy) is 2. The summed E-state index contributed by atoms with van der Waals surface area (Å²) in [5.74, 6) is -1.44. The van der Waals surface area contributed by atoms with E-state index in [2.05, 4.69) is 10.4 Å². The standard InChI is InChI=1S/C25H20ClN3O5/c1-2-33-25(32)24-21(14-23(31)29(28-24)20-13-6-5-11-18(20)26)34-15-22(30)27-19-12-7-9-16-8-3-4-10-17(16)19/h3-14H,2,15H2,1H3,(H,27,30). The first-order valence-corrected chi connectivity index (χ1v) is 10.8. The molecule has 0 atom stereocenters. The summed E-state index contributed by atoms with van der Waals surface area (Å²) in [6, 6.07) is 20.8. The number of hydrogen-bond acceptors (Lipinski definition) is 6. The van der Waals surface area contributed by atoms with E-state index < -0.39 is 24.0 Å². The molecule has 0 unspecified atom stereocenters. The summed E-state index contributed by atoms with van der Waals surface area (Å²) in [6.45, 7) is 1.28. The molecule has 1 amide bonds. The number of carbonyl (C=O) groups excluding carboxylic acids is 2. The fourth-order valence-corrected chi connectivity index (χ4v) is 3.57. The molecule has 4 aromatic rings. The molecule has 1 heterocycles. The van der Waals surface area contributed by atoms with Gasteiger partial charge in [-0.25, -0.2) is 4.79 Å². The summed E-state index contributed by atoms with van der Waals surface area (Å²) in [5, 5.41) is 9.01. The van der Waals surface area contributed by atoms with Crippen molar-refractivity contribution >= 4 is 39.9 Å². The summed E-state index contributed by atoms with van der Waals surface area (Å²) >= 11 is 6.18. The molecule has 0 spiro atoms. The van der Waals surface area contributed by atoms with Gasteiger partial charge in [0.2, 0.25) is 5.69 Å². The monoisotopic (exact) mass is 477 g/mol. The predicted octanol–water partition coefficient (Wildman–Crippen LogP) is 4.23. The highest BCUT2D eigenvalue weighted by Crippen LogP contribution is 2.23. The van der Waals surface area contributed by atoms with E-state index in [1.54, 1.807) is 37.3 Å². The molecule has 0 fully saturated rings. The average Bonchev–Trinajstić information content (AvgIpc) is 2.84. The van der Waals surface area contributed by atoms with Crippen LogP contribution in [0.15, 0.2) is 77.6 Å². The van der Waals surface area contributed by atoms with Crippen LogP contribution >= 0.6 is 11.6 Å². The third-order valence-corrected chi connectivity index (χ3v) is 5.19. The molecule has 1 N–H and O–H groups in total. The Labute approximate surface area is 199 Å². The van der Waals surface area contributed by atoms with E-state index in [1.807, 2.05) is 36.4 Å². The maximum atomic E-state index is 12.7. The number of fused-ring (bicyclic) bond motifs is 1. The van der Waals surface area contributed by atoms with Crippen LogP contribution in [-0.2, 0) is 9.53 Å². The quantitative estimate of drug-likeness (QED) is 0.400. The van der Waals surface area contributed by atoms with E-state index in [0.717, 1.165) is 21.5 Å². The summed E-state index contributed by atoms with van der Waals surface area (Å²) < 4.78 is 11.6. The van der Waals surface area contributed by atoms with Crippen LogP contribution < -0.4 is 15.6 Å². The Hall–Kier alpha value is -4.17. The number of nitrogens with one attached hydrogen (secondary N) is 1. The molecule has 8 nitrogen and oxygen atoms in total. The molecule has 9 heteroatoms. The third kappa shape index (κ3) is 4.92. The number of anilines is 1. The van der Waals surface area contributed by atoms with Crippen LogP contribution in [0.25, 0.3) is 16.5 Å². The van der Waals surface area contributed by atoms with Crippen LogP contribution in [-0.4, -0.2) is 34.9 Å². The highest BCUT2D eigenvalue weighted by Gasteiger charge is 2.21. The van der Waals surface area contributed by atoms with Crippen molar-refractivity contribution in [2.24, 2.45) is 0 Å². The van der Waals surface area contributed by atoms with Crippen molar-refractivity contribution in [3.05, 3.63) is 93.9 Å². The molecule has 4 rings (SSSR count). The van der Waals surface area contributed by atoms with Crippen LogP contribution in [0, 0.1) is 0 Å². The molecule has 3 aromatic carbocycles. The normalized spacial score (nSPS) is 10.6. The van der Waals surface area contributed by atoms with Gasteiger partial charge >= 0.3 is 5.97 Å². The number of aromatic nitrogens is 2. The first kappa shape index (κ1) is 23.0. The van der Waals surface area contributed by atoms with Gasteiger partial charge in [0.1, 0.15) is 0 Å². The summed E-state index contributed by atoms with van der Waals surface area (Å²) in [7, 11) is 0. The van der Waals surface area contributed by atoms with E-state index >= 15 is 0 Å². The van der Waals surface area contributed by atoms with Crippen LogP contribution in [0.2, 0.25) is 5.02 Å². The fourth-order valence-electron chi connectivity index (χ4n) is 3.35. The van der Waals surface area contributed by atoms with Crippen molar-refractivity contribution in [1.82, 2.24) is 9.78 Å². The average molecular weight is 478 g/mol. The van der Waals surface area contributed by atoms with Gasteiger partial charge in [0.25, 0.3) is 11.5 Å². The molecule has 0 saturated carbocycles. The molecule has 0 aliphatic heterocycles. The molecule has 0 saturated heterocycles. The number of hydrogen-bond donors (Lipinski definition) is 1. The van der Waals surface area contributed by atoms with E-state index in [-0.39, 0.29) is 23.1 Å². The Morgan fingerprint density at radius 1 is 1.03 bits per heavy atom. The van der Waals surface area contributed by atoms with Gasteiger partial charge in [-0.3, -0.25) is 9.59 Å². The van der Waals surface area contributed by atoms with E-state index in [4.69, 9.17) is 21.1 Å². The number of halogens is 1. The number of rotatable bonds is 7. The zero-order valence-electron chi connectivity index (χ0n) is 18.2. The Balaban J connectivity index is 1.60. The minimum atomic E-state index is -0.798. The molecule has 0 aliphatic rings. The number of benzene rings is 3. The lowest BCUT2D eigenvalue weighted by Crippen LogP contribution is -2.27. The van der Waals surface area contributed by atoms with Gasteiger partial charge in [0.05, 0.1) is 23.4 Å². The van der Waals surface area contributed by atoms with Crippen molar-refractivity contribution in [3.8, 4) is 11.4 Å². The highest BCUT2D eigenvalue weighted by atomic mass is 35.5. The number of nitrogens with zero attached hydrogens (tertiary/aromatic N) is 2. The van der Waals surface area contributed by atoms with Crippen LogP contribution in [0.1, 0.15) is 17.4 Å². The van der Waals surface area contributed by atoms with Crippen molar-refractivity contribution in [2.75, 3.05) is 18.5 Å². The maximum Gasteiger partial charge on any atom is 0.362 e. The minimum Gasteiger partial charge on any atom is -0.481 e. The van der Waals surface area contributed by atoms with Gasteiger partial charge in [-0.15, -0.1) is 0 Å². The topological polar surface area (TPSA) is 99.5 Å². The van der Waals surface area contributed by atoms with Crippen LogP contribution in [0.5, 0.6) is 5.75 Å². The first-order valence-electron chi connectivity index (χ1n) is 10.4. The summed E-state index contributed by atoms with van der Waals surface area (Å²) in [6.07, 6.45) is 0. The van der Waals surface area contributed by atoms with E-state index in [0.29, 0.717) is 11.4 Å². The van der Waals surface area contributed by atoms with Gasteiger partial charge in [-0.05, 0) is 30.5 Å². The molecular formula is C25H20ClN3O5. The largest absolute Gasteiger partial charge is 0.481 e. The summed E-state index contributed by atoms with van der Waals surface area (Å²) in [4.78, 5) is 37.8. The van der Waals surface area contributed by atoms with Gasteiger partial charge in [0.15, 0.2) is 12.4 Å². The fraction of sp³-hybridized carbons (Fsp3) is 0.120. The van der Waals surface area contributed by atoms with Crippen molar-refractivity contribution in [1.29, 1.82) is 0 Å². The Kier molecular flexibility index (Phi) is 6.89. The van der Waals surface area contributed by atoms with Gasteiger partial charge < -0.3 is 14.8 Å². The second-order valence-corrected chi connectivity index (χ2v) is 7.55. The lowest BCUT2D eigenvalue weighted by atomic mass is 10.1. The molecule has 0 aliphatic carbocycles. The zero-order valence-corrected chi connectivity index (χ0v) is 18.9. The van der Waals surface area contributed by atoms with Gasteiger partial charge in [-0.2, -0.15) is 9.78 Å². The van der Waals surface area contributed by atoms with Gasteiger partial charge in [0, 0.05) is 11.1 Å². The lowest BCUT2D eigenvalue weighted by Gasteiger charge is -2.13. The number of esters is 1. The Morgan fingerprint density at radius 2 is 1.76 bits per heavy atom. The third-order valence-electron chi connectivity index (χ3n) is 4.87. The van der Waals surface area contributed by atoms with E-state index in [9.17, 15) is 14.4 Å². The second kappa shape index (κ2) is 10.2. The van der Waals surface area contributed by atoms with Crippen LogP contribution in [0.3, 0.4) is 0 Å². The Bertz CT molecular complexity index is 1430. The lowest BCUT2D eigenvalue weighted by molar-refractivity contribution is -0.118. The number of para-hydroxylation sites is 1. The second-order valence-electron chi connectivity index (χ2n) is 7.14. The maximum absolute atomic E-state index is 12.7. The highest BCUT2D eigenvalue weighted by molar-refractivity contribution is 6.32. The van der Waals surface area contributed by atoms with Crippen molar-refractivity contribution in [2.45, 2.75) is 6.92 Å². The molecule has 34 heavy (non-hydrogen) atoms. The van der Waals surface area contributed by atoms with Crippen LogP contribution in [0.4, 0.5) is 5.69 Å². The van der Waals surface area contributed by atoms with E-state index in [1.165, 1.54) is 0 Å².